The minimum atomic E-state index is -0.423. The van der Waals surface area contributed by atoms with Crippen LogP contribution in [0.2, 0.25) is 0 Å². The highest BCUT2D eigenvalue weighted by Gasteiger charge is 2.14. The van der Waals surface area contributed by atoms with E-state index in [0.29, 0.717) is 18.9 Å². The number of aryl methyl sites for hydroxylation is 1. The first-order chi connectivity index (χ1) is 7.50. The van der Waals surface area contributed by atoms with Crippen LogP contribution in [-0.2, 0) is 18.4 Å². The summed E-state index contributed by atoms with van der Waals surface area (Å²) in [7, 11) is 1.84. The Bertz CT molecular complexity index is 351. The van der Waals surface area contributed by atoms with Crippen LogP contribution in [-0.4, -0.2) is 21.7 Å². The fourth-order valence-electron chi connectivity index (χ4n) is 1.50. The lowest BCUT2D eigenvalue weighted by Crippen LogP contribution is -2.41. The van der Waals surface area contributed by atoms with Crippen LogP contribution in [0.3, 0.4) is 0 Å². The molecule has 0 fully saturated rings. The number of nitrogens with one attached hydrogen (secondary N) is 1. The van der Waals surface area contributed by atoms with Crippen LogP contribution in [0, 0.1) is 5.92 Å². The number of carbonyl (C=O) groups excluding carboxylic acids is 1. The van der Waals surface area contributed by atoms with Gasteiger partial charge in [-0.05, 0) is 18.4 Å². The molecule has 1 heterocycles. The van der Waals surface area contributed by atoms with E-state index in [1.165, 1.54) is 0 Å². The molecular weight excluding hydrogens is 240 g/mol. The molecule has 0 saturated heterocycles. The Hall–Kier alpha value is -1.07. The van der Waals surface area contributed by atoms with Gasteiger partial charge in [0.2, 0.25) is 5.91 Å². The topological polar surface area (TPSA) is 72.9 Å². The van der Waals surface area contributed by atoms with Crippen LogP contribution in [0.4, 0.5) is 0 Å². The number of hydrogen-bond acceptors (Lipinski definition) is 3. The molecule has 0 aliphatic rings. The Morgan fingerprint density at radius 2 is 2.24 bits per heavy atom. The van der Waals surface area contributed by atoms with Crippen LogP contribution in [0.5, 0.6) is 0 Å². The summed E-state index contributed by atoms with van der Waals surface area (Å²) in [5.74, 6) is 0.326. The van der Waals surface area contributed by atoms with Crippen molar-refractivity contribution in [2.24, 2.45) is 18.7 Å². The summed E-state index contributed by atoms with van der Waals surface area (Å²) >= 11 is 0. The second-order valence-corrected chi connectivity index (χ2v) is 4.40. The van der Waals surface area contributed by atoms with E-state index in [2.05, 4.69) is 10.4 Å². The average molecular weight is 261 g/mol. The predicted molar refractivity (Wildman–Crippen MR) is 69.7 cm³/mol. The number of aromatic nitrogens is 2. The fraction of sp³-hybridized carbons (Fsp3) is 0.636. The number of nitrogens with two attached hydrogens (primary N) is 1. The third-order valence-electron chi connectivity index (χ3n) is 2.43. The summed E-state index contributed by atoms with van der Waals surface area (Å²) in [6, 6.07) is 1.45. The molecule has 0 aliphatic carbocycles. The summed E-state index contributed by atoms with van der Waals surface area (Å²) in [5.41, 5.74) is 6.72. The Morgan fingerprint density at radius 3 is 2.71 bits per heavy atom. The quantitative estimate of drug-likeness (QED) is 0.824. The molecule has 0 aromatic carbocycles. The summed E-state index contributed by atoms with van der Waals surface area (Å²) in [4.78, 5) is 11.6. The summed E-state index contributed by atoms with van der Waals surface area (Å²) < 4.78 is 1.73. The Balaban J connectivity index is 0.00000256. The molecule has 0 saturated carbocycles. The number of nitrogens with zero attached hydrogens (tertiary/aromatic N) is 2. The molecule has 0 aliphatic heterocycles. The molecule has 17 heavy (non-hydrogen) atoms. The van der Waals surface area contributed by atoms with Gasteiger partial charge < -0.3 is 11.1 Å². The lowest BCUT2D eigenvalue weighted by Gasteiger charge is -2.14. The van der Waals surface area contributed by atoms with Gasteiger partial charge in [-0.3, -0.25) is 9.48 Å². The van der Waals surface area contributed by atoms with Gasteiger partial charge in [0.15, 0.2) is 0 Å². The van der Waals surface area contributed by atoms with Gasteiger partial charge in [0, 0.05) is 13.2 Å². The van der Waals surface area contributed by atoms with Crippen molar-refractivity contribution in [3.05, 3.63) is 18.0 Å². The molecule has 1 atom stereocenters. The monoisotopic (exact) mass is 260 g/mol. The Kier molecular flexibility index (Phi) is 6.83. The maximum atomic E-state index is 11.6. The van der Waals surface area contributed by atoms with Crippen molar-refractivity contribution in [2.45, 2.75) is 32.9 Å². The zero-order chi connectivity index (χ0) is 12.1. The van der Waals surface area contributed by atoms with E-state index >= 15 is 0 Å². The first kappa shape index (κ1) is 15.9. The highest BCUT2D eigenvalue weighted by atomic mass is 35.5. The van der Waals surface area contributed by atoms with Crippen molar-refractivity contribution in [3.8, 4) is 0 Å². The van der Waals surface area contributed by atoms with Crippen LogP contribution in [0.25, 0.3) is 0 Å². The maximum Gasteiger partial charge on any atom is 0.237 e. The van der Waals surface area contributed by atoms with Gasteiger partial charge in [-0.15, -0.1) is 12.4 Å². The zero-order valence-electron chi connectivity index (χ0n) is 10.5. The molecule has 1 aromatic rings. The average Bonchev–Trinajstić information content (AvgIpc) is 2.59. The summed E-state index contributed by atoms with van der Waals surface area (Å²) in [6.07, 6.45) is 2.41. The Labute approximate surface area is 108 Å². The minimum absolute atomic E-state index is 0. The number of rotatable bonds is 5. The van der Waals surface area contributed by atoms with E-state index < -0.39 is 6.04 Å². The highest BCUT2D eigenvalue weighted by molar-refractivity contribution is 5.85. The number of hydrogen-bond donors (Lipinski definition) is 2. The van der Waals surface area contributed by atoms with Crippen molar-refractivity contribution in [1.29, 1.82) is 0 Å². The molecular formula is C11H21ClN4O. The smallest absolute Gasteiger partial charge is 0.237 e. The molecule has 0 unspecified atom stereocenters. The van der Waals surface area contributed by atoms with E-state index in [0.717, 1.165) is 5.69 Å². The minimum Gasteiger partial charge on any atom is -0.349 e. The van der Waals surface area contributed by atoms with Gasteiger partial charge in [-0.25, -0.2) is 0 Å². The highest BCUT2D eigenvalue weighted by Crippen LogP contribution is 2.03. The standard InChI is InChI=1S/C11H20N4O.ClH/c1-8(2)6-10(12)11(16)13-7-9-4-5-14-15(9)3;/h4-5,8,10H,6-7,12H2,1-3H3,(H,13,16);1H/t10-;/m0./s1. The molecule has 0 radical (unpaired) electrons. The van der Waals surface area contributed by atoms with E-state index in [4.69, 9.17) is 5.73 Å². The molecule has 0 bridgehead atoms. The summed E-state index contributed by atoms with van der Waals surface area (Å²) in [5, 5.41) is 6.83. The zero-order valence-corrected chi connectivity index (χ0v) is 11.3. The van der Waals surface area contributed by atoms with E-state index in [1.54, 1.807) is 10.9 Å². The molecule has 5 nitrogen and oxygen atoms in total. The first-order valence-corrected chi connectivity index (χ1v) is 5.51. The largest absolute Gasteiger partial charge is 0.349 e. The van der Waals surface area contributed by atoms with Gasteiger partial charge >= 0.3 is 0 Å². The van der Waals surface area contributed by atoms with Crippen molar-refractivity contribution in [2.75, 3.05) is 0 Å². The molecule has 6 heteroatoms. The third kappa shape index (κ3) is 5.19. The van der Waals surface area contributed by atoms with Crippen molar-refractivity contribution in [3.63, 3.8) is 0 Å². The second-order valence-electron chi connectivity index (χ2n) is 4.40. The maximum absolute atomic E-state index is 11.6. The fourth-order valence-corrected chi connectivity index (χ4v) is 1.50. The van der Waals surface area contributed by atoms with Crippen LogP contribution in [0.15, 0.2) is 12.3 Å². The lowest BCUT2D eigenvalue weighted by atomic mass is 10.0. The van der Waals surface area contributed by atoms with Gasteiger partial charge in [0.1, 0.15) is 0 Å². The molecule has 1 rings (SSSR count). The summed E-state index contributed by atoms with van der Waals surface area (Å²) in [6.45, 7) is 4.57. The SMILES string of the molecule is CC(C)C[C@H](N)C(=O)NCc1ccnn1C.Cl. The van der Waals surface area contributed by atoms with Crippen LogP contribution < -0.4 is 11.1 Å². The predicted octanol–water partition coefficient (Wildman–Crippen LogP) is 0.831. The number of amides is 1. The van der Waals surface area contributed by atoms with Crippen molar-refractivity contribution in [1.82, 2.24) is 15.1 Å². The van der Waals surface area contributed by atoms with Crippen molar-refractivity contribution >= 4 is 18.3 Å². The van der Waals surface area contributed by atoms with Crippen LogP contribution >= 0.6 is 12.4 Å². The van der Waals surface area contributed by atoms with Crippen LogP contribution in [0.1, 0.15) is 26.0 Å². The van der Waals surface area contributed by atoms with Gasteiger partial charge in [0.25, 0.3) is 0 Å². The molecule has 98 valence electrons. The molecule has 3 N–H and O–H groups in total. The molecule has 0 spiro atoms. The normalized spacial score (nSPS) is 12.1. The third-order valence-corrected chi connectivity index (χ3v) is 2.43. The van der Waals surface area contributed by atoms with Gasteiger partial charge in [-0.2, -0.15) is 5.10 Å². The van der Waals surface area contributed by atoms with Gasteiger partial charge in [-0.1, -0.05) is 13.8 Å². The lowest BCUT2D eigenvalue weighted by molar-refractivity contribution is -0.122. The van der Waals surface area contributed by atoms with E-state index in [9.17, 15) is 4.79 Å². The molecule has 1 aromatic heterocycles. The second kappa shape index (κ2) is 7.29. The van der Waals surface area contributed by atoms with E-state index in [-0.39, 0.29) is 18.3 Å². The number of carbonyl (C=O) groups is 1. The molecule has 1 amide bonds. The number of halogens is 1. The first-order valence-electron chi connectivity index (χ1n) is 5.51. The van der Waals surface area contributed by atoms with E-state index in [1.807, 2.05) is 27.0 Å². The van der Waals surface area contributed by atoms with Crippen molar-refractivity contribution < 1.29 is 4.79 Å². The Morgan fingerprint density at radius 1 is 1.59 bits per heavy atom. The van der Waals surface area contributed by atoms with Gasteiger partial charge in [0.05, 0.1) is 18.3 Å².